The Balaban J connectivity index is 1.97. The summed E-state index contributed by atoms with van der Waals surface area (Å²) in [5, 5.41) is 0. The predicted octanol–water partition coefficient (Wildman–Crippen LogP) is 2.67. The molecule has 0 aliphatic carbocycles. The lowest BCUT2D eigenvalue weighted by Crippen LogP contribution is -2.38. The molecule has 0 unspecified atom stereocenters. The normalized spacial score (nSPS) is 19.9. The average molecular weight is 278 g/mol. The molecule has 2 heterocycles. The van der Waals surface area contributed by atoms with Crippen LogP contribution in [0.5, 0.6) is 0 Å². The fraction of sp³-hybridized carbons (Fsp3) is 0.750. The Hall–Kier alpha value is -1.32. The summed E-state index contributed by atoms with van der Waals surface area (Å²) in [4.78, 5) is 4.70. The quantitative estimate of drug-likeness (QED) is 0.782. The van der Waals surface area contributed by atoms with E-state index < -0.39 is 0 Å². The van der Waals surface area contributed by atoms with Crippen LogP contribution in [-0.4, -0.2) is 23.1 Å². The van der Waals surface area contributed by atoms with E-state index in [4.69, 9.17) is 9.73 Å². The van der Waals surface area contributed by atoms with Gasteiger partial charge in [0.2, 0.25) is 6.33 Å². The molecule has 1 aliphatic heterocycles. The van der Waals surface area contributed by atoms with E-state index in [1.807, 2.05) is 0 Å². The van der Waals surface area contributed by atoms with Crippen LogP contribution in [0.15, 0.2) is 23.7 Å². The molecule has 0 saturated carbocycles. The maximum absolute atomic E-state index is 5.72. The standard InChI is InChI=1S/C16H28N3O/c1-15(2,3)11-19-8-7-18(12-19)9-13-10-20-14(17-13)16(4,5)6/h7-8,12-13H,9-11H2,1-6H3/q+1/t13-/m1/s1. The molecule has 1 atom stereocenters. The lowest BCUT2D eigenvalue weighted by molar-refractivity contribution is -0.707. The fourth-order valence-corrected chi connectivity index (χ4v) is 2.35. The number of nitrogens with zero attached hydrogens (tertiary/aromatic N) is 3. The number of hydrogen-bond acceptors (Lipinski definition) is 2. The summed E-state index contributed by atoms with van der Waals surface area (Å²) < 4.78 is 10.2. The molecule has 1 aromatic rings. The number of imidazole rings is 1. The van der Waals surface area contributed by atoms with E-state index in [0.717, 1.165) is 19.0 Å². The lowest BCUT2D eigenvalue weighted by atomic mass is 9.97. The van der Waals surface area contributed by atoms with Gasteiger partial charge < -0.3 is 4.74 Å². The Labute approximate surface area is 122 Å². The summed E-state index contributed by atoms with van der Waals surface area (Å²) in [5.41, 5.74) is 0.308. The molecule has 0 bridgehead atoms. The predicted molar refractivity (Wildman–Crippen MR) is 80.7 cm³/mol. The molecule has 0 spiro atoms. The summed E-state index contributed by atoms with van der Waals surface area (Å²) in [7, 11) is 0. The molecule has 0 radical (unpaired) electrons. The van der Waals surface area contributed by atoms with Crippen molar-refractivity contribution in [3.05, 3.63) is 18.7 Å². The minimum absolute atomic E-state index is 0.0115. The van der Waals surface area contributed by atoms with E-state index in [0.29, 0.717) is 12.0 Å². The monoisotopic (exact) mass is 278 g/mol. The Morgan fingerprint density at radius 1 is 1.30 bits per heavy atom. The van der Waals surface area contributed by atoms with Gasteiger partial charge in [0.15, 0.2) is 5.90 Å². The summed E-state index contributed by atoms with van der Waals surface area (Å²) >= 11 is 0. The summed E-state index contributed by atoms with van der Waals surface area (Å²) in [6, 6.07) is 0.236. The molecule has 1 aliphatic rings. The van der Waals surface area contributed by atoms with Crippen molar-refractivity contribution in [2.24, 2.45) is 15.8 Å². The zero-order valence-corrected chi connectivity index (χ0v) is 13.7. The van der Waals surface area contributed by atoms with E-state index in [2.05, 4.69) is 69.4 Å². The molecule has 4 nitrogen and oxygen atoms in total. The number of aliphatic imine (C=N–C) groups is 1. The first-order chi connectivity index (χ1) is 9.13. The third-order valence-corrected chi connectivity index (χ3v) is 3.18. The first-order valence-corrected chi connectivity index (χ1v) is 7.39. The molecule has 0 N–H and O–H groups in total. The van der Waals surface area contributed by atoms with Crippen LogP contribution in [0.1, 0.15) is 41.5 Å². The van der Waals surface area contributed by atoms with Gasteiger partial charge in [-0.15, -0.1) is 0 Å². The molecule has 2 rings (SSSR count). The highest BCUT2D eigenvalue weighted by atomic mass is 16.5. The number of aromatic nitrogens is 2. The molecule has 20 heavy (non-hydrogen) atoms. The lowest BCUT2D eigenvalue weighted by Gasteiger charge is -2.16. The van der Waals surface area contributed by atoms with Crippen LogP contribution in [-0.2, 0) is 17.8 Å². The molecule has 0 saturated heterocycles. The molecule has 1 aromatic heterocycles. The first kappa shape index (κ1) is 15.1. The second-order valence-corrected chi connectivity index (χ2v) is 7.99. The third-order valence-electron chi connectivity index (χ3n) is 3.18. The van der Waals surface area contributed by atoms with Crippen molar-refractivity contribution >= 4 is 5.90 Å². The highest BCUT2D eigenvalue weighted by Crippen LogP contribution is 2.22. The van der Waals surface area contributed by atoms with Crippen LogP contribution in [0.3, 0.4) is 0 Å². The van der Waals surface area contributed by atoms with Crippen LogP contribution in [0.2, 0.25) is 0 Å². The number of hydrogen-bond donors (Lipinski definition) is 0. The molecule has 4 heteroatoms. The van der Waals surface area contributed by atoms with E-state index >= 15 is 0 Å². The molecule has 0 amide bonds. The summed E-state index contributed by atoms with van der Waals surface area (Å²) in [6.07, 6.45) is 6.42. The van der Waals surface area contributed by atoms with Crippen LogP contribution in [0.4, 0.5) is 0 Å². The van der Waals surface area contributed by atoms with Gasteiger partial charge in [-0.1, -0.05) is 41.5 Å². The molecular weight excluding hydrogens is 250 g/mol. The zero-order chi connectivity index (χ0) is 15.0. The van der Waals surface area contributed by atoms with Crippen molar-refractivity contribution in [1.29, 1.82) is 0 Å². The van der Waals surface area contributed by atoms with Gasteiger partial charge >= 0.3 is 0 Å². The summed E-state index contributed by atoms with van der Waals surface area (Å²) in [5.74, 6) is 0.886. The van der Waals surface area contributed by atoms with Gasteiger partial charge in [-0.05, 0) is 5.41 Å². The van der Waals surface area contributed by atoms with Crippen molar-refractivity contribution in [2.45, 2.75) is 60.7 Å². The van der Waals surface area contributed by atoms with E-state index in [1.54, 1.807) is 0 Å². The second-order valence-electron chi connectivity index (χ2n) is 7.99. The van der Waals surface area contributed by atoms with Gasteiger partial charge in [0.1, 0.15) is 31.6 Å². The van der Waals surface area contributed by atoms with Crippen LogP contribution >= 0.6 is 0 Å². The average Bonchev–Trinajstić information content (AvgIpc) is 2.85. The number of rotatable bonds is 3. The zero-order valence-electron chi connectivity index (χ0n) is 13.7. The first-order valence-electron chi connectivity index (χ1n) is 7.39. The second kappa shape index (κ2) is 5.23. The molecule has 0 fully saturated rings. The van der Waals surface area contributed by atoms with Crippen molar-refractivity contribution < 1.29 is 9.30 Å². The Bertz CT molecular complexity index is 489. The van der Waals surface area contributed by atoms with E-state index in [9.17, 15) is 0 Å². The van der Waals surface area contributed by atoms with E-state index in [1.165, 1.54) is 0 Å². The molecule has 112 valence electrons. The molecule has 0 aromatic carbocycles. The minimum atomic E-state index is 0.0115. The van der Waals surface area contributed by atoms with Gasteiger partial charge in [-0.2, -0.15) is 0 Å². The Kier molecular flexibility index (Phi) is 3.94. The fourth-order valence-electron chi connectivity index (χ4n) is 2.35. The third kappa shape index (κ3) is 4.09. The smallest absolute Gasteiger partial charge is 0.243 e. The highest BCUT2D eigenvalue weighted by Gasteiger charge is 2.29. The Morgan fingerprint density at radius 2 is 2.00 bits per heavy atom. The minimum Gasteiger partial charge on any atom is -0.478 e. The van der Waals surface area contributed by atoms with Gasteiger partial charge in [-0.3, -0.25) is 0 Å². The van der Waals surface area contributed by atoms with Crippen molar-refractivity contribution in [2.75, 3.05) is 6.61 Å². The summed E-state index contributed by atoms with van der Waals surface area (Å²) in [6.45, 7) is 15.8. The maximum Gasteiger partial charge on any atom is 0.243 e. The van der Waals surface area contributed by atoms with Crippen LogP contribution in [0.25, 0.3) is 0 Å². The maximum atomic E-state index is 5.72. The van der Waals surface area contributed by atoms with Gasteiger partial charge in [-0.25, -0.2) is 14.1 Å². The van der Waals surface area contributed by atoms with Gasteiger partial charge in [0.25, 0.3) is 0 Å². The van der Waals surface area contributed by atoms with Crippen molar-refractivity contribution in [3.63, 3.8) is 0 Å². The van der Waals surface area contributed by atoms with Crippen molar-refractivity contribution in [3.8, 4) is 0 Å². The largest absolute Gasteiger partial charge is 0.478 e. The Morgan fingerprint density at radius 3 is 2.55 bits per heavy atom. The van der Waals surface area contributed by atoms with Crippen LogP contribution in [0, 0.1) is 10.8 Å². The topological polar surface area (TPSA) is 30.4 Å². The van der Waals surface area contributed by atoms with Crippen molar-refractivity contribution in [1.82, 2.24) is 4.57 Å². The number of ether oxygens (including phenoxy) is 1. The van der Waals surface area contributed by atoms with Gasteiger partial charge in [0.05, 0.1) is 6.54 Å². The van der Waals surface area contributed by atoms with Gasteiger partial charge in [0, 0.05) is 5.41 Å². The van der Waals surface area contributed by atoms with Crippen LogP contribution < -0.4 is 4.57 Å². The SMILES string of the molecule is CC(C)(C)C[n+]1ccn(C[C@@H]2COC(C(C)(C)C)=N2)c1. The highest BCUT2D eigenvalue weighted by molar-refractivity contribution is 5.82. The van der Waals surface area contributed by atoms with E-state index in [-0.39, 0.29) is 11.5 Å². The molecular formula is C16H28N3O+.